The number of aromatic nitrogens is 2. The molecule has 0 radical (unpaired) electrons. The lowest BCUT2D eigenvalue weighted by molar-refractivity contribution is 0.101. The Kier molecular flexibility index (Phi) is 4.00. The van der Waals surface area contributed by atoms with Crippen molar-refractivity contribution in [2.24, 2.45) is 0 Å². The van der Waals surface area contributed by atoms with Gasteiger partial charge in [-0.2, -0.15) is 0 Å². The molecule has 0 saturated carbocycles. The maximum Gasteiger partial charge on any atom is 0.163 e. The third kappa shape index (κ3) is 3.02. The number of ketones is 1. The lowest BCUT2D eigenvalue weighted by atomic mass is 10.1. The summed E-state index contributed by atoms with van der Waals surface area (Å²) in [5.41, 5.74) is 2.68. The van der Waals surface area contributed by atoms with E-state index in [9.17, 15) is 4.79 Å². The van der Waals surface area contributed by atoms with Crippen molar-refractivity contribution in [2.75, 3.05) is 0 Å². The van der Waals surface area contributed by atoms with Crippen molar-refractivity contribution < 1.29 is 9.53 Å². The van der Waals surface area contributed by atoms with Crippen LogP contribution in [0.1, 0.15) is 35.5 Å². The van der Waals surface area contributed by atoms with E-state index in [0.29, 0.717) is 17.9 Å². The SMILES string of the molecule is CCn1cncc1COc1ccc(C)cc1C(C)=O. The Bertz CT molecular complexity index is 588. The molecular formula is C15H18N2O2. The molecule has 2 rings (SSSR count). The predicted molar refractivity (Wildman–Crippen MR) is 73.4 cm³/mol. The summed E-state index contributed by atoms with van der Waals surface area (Å²) in [5.74, 6) is 0.643. The average Bonchev–Trinajstić information content (AvgIpc) is 2.84. The Labute approximate surface area is 113 Å². The molecule has 0 saturated heterocycles. The first kappa shape index (κ1) is 13.3. The van der Waals surface area contributed by atoms with Gasteiger partial charge in [0.2, 0.25) is 0 Å². The molecule has 4 nitrogen and oxygen atoms in total. The van der Waals surface area contributed by atoms with E-state index in [1.165, 1.54) is 0 Å². The van der Waals surface area contributed by atoms with E-state index in [4.69, 9.17) is 4.74 Å². The van der Waals surface area contributed by atoms with E-state index in [1.807, 2.05) is 29.7 Å². The van der Waals surface area contributed by atoms with Crippen LogP contribution >= 0.6 is 0 Å². The number of Topliss-reactive ketones (excluding diaryl/α,β-unsaturated/α-hetero) is 1. The van der Waals surface area contributed by atoms with Crippen LogP contribution in [0.5, 0.6) is 5.75 Å². The van der Waals surface area contributed by atoms with Gasteiger partial charge in [0.1, 0.15) is 12.4 Å². The second-order valence-corrected chi connectivity index (χ2v) is 4.52. The largest absolute Gasteiger partial charge is 0.487 e. The quantitative estimate of drug-likeness (QED) is 0.774. The molecule has 4 heteroatoms. The number of ether oxygens (including phenoxy) is 1. The highest BCUT2D eigenvalue weighted by Gasteiger charge is 2.10. The molecule has 0 N–H and O–H groups in total. The van der Waals surface area contributed by atoms with Crippen molar-refractivity contribution >= 4 is 5.78 Å². The molecule has 1 aromatic heterocycles. The number of benzene rings is 1. The zero-order chi connectivity index (χ0) is 13.8. The Morgan fingerprint density at radius 1 is 1.42 bits per heavy atom. The number of hydrogen-bond donors (Lipinski definition) is 0. The molecule has 0 aliphatic rings. The predicted octanol–water partition coefficient (Wildman–Crippen LogP) is 2.99. The van der Waals surface area contributed by atoms with Crippen LogP contribution in [0, 0.1) is 6.92 Å². The molecule has 0 atom stereocenters. The van der Waals surface area contributed by atoms with Gasteiger partial charge in [-0.15, -0.1) is 0 Å². The highest BCUT2D eigenvalue weighted by atomic mass is 16.5. The summed E-state index contributed by atoms with van der Waals surface area (Å²) in [6.45, 7) is 6.84. The van der Waals surface area contributed by atoms with E-state index in [1.54, 1.807) is 19.4 Å². The summed E-state index contributed by atoms with van der Waals surface area (Å²) in [6.07, 6.45) is 3.56. The molecule has 0 bridgehead atoms. The number of nitrogens with zero attached hydrogens (tertiary/aromatic N) is 2. The fourth-order valence-corrected chi connectivity index (χ4v) is 1.95. The van der Waals surface area contributed by atoms with Crippen molar-refractivity contribution in [3.05, 3.63) is 47.5 Å². The number of carbonyl (C=O) groups is 1. The summed E-state index contributed by atoms with van der Waals surface area (Å²) >= 11 is 0. The van der Waals surface area contributed by atoms with Crippen molar-refractivity contribution in [3.63, 3.8) is 0 Å². The average molecular weight is 258 g/mol. The summed E-state index contributed by atoms with van der Waals surface area (Å²) in [6, 6.07) is 5.65. The van der Waals surface area contributed by atoms with Crippen LogP contribution in [0.4, 0.5) is 0 Å². The summed E-state index contributed by atoms with van der Waals surface area (Å²) in [5, 5.41) is 0. The maximum absolute atomic E-state index is 11.6. The zero-order valence-corrected chi connectivity index (χ0v) is 11.5. The standard InChI is InChI=1S/C15H18N2O2/c1-4-17-10-16-8-13(17)9-19-15-6-5-11(2)7-14(15)12(3)18/h5-8,10H,4,9H2,1-3H3. The van der Waals surface area contributed by atoms with Crippen LogP contribution in [-0.4, -0.2) is 15.3 Å². The van der Waals surface area contributed by atoms with E-state index < -0.39 is 0 Å². The van der Waals surface area contributed by atoms with Gasteiger partial charge in [-0.05, 0) is 32.9 Å². The number of carbonyl (C=O) groups excluding carboxylic acids is 1. The Balaban J connectivity index is 2.18. The Hall–Kier alpha value is -2.10. The van der Waals surface area contributed by atoms with Gasteiger partial charge in [-0.1, -0.05) is 11.6 Å². The minimum absolute atomic E-state index is 0.0164. The number of aryl methyl sites for hydroxylation is 2. The van der Waals surface area contributed by atoms with Gasteiger partial charge in [-0.25, -0.2) is 4.98 Å². The lowest BCUT2D eigenvalue weighted by Crippen LogP contribution is -2.06. The molecule has 0 aliphatic heterocycles. The first-order chi connectivity index (χ1) is 9.11. The van der Waals surface area contributed by atoms with Crippen LogP contribution in [-0.2, 0) is 13.2 Å². The Morgan fingerprint density at radius 2 is 2.21 bits per heavy atom. The smallest absolute Gasteiger partial charge is 0.163 e. The monoisotopic (exact) mass is 258 g/mol. The van der Waals surface area contributed by atoms with Gasteiger partial charge in [0.05, 0.1) is 23.8 Å². The molecule has 0 amide bonds. The maximum atomic E-state index is 11.6. The normalized spacial score (nSPS) is 10.5. The first-order valence-corrected chi connectivity index (χ1v) is 6.35. The molecule has 2 aromatic rings. The molecule has 0 aliphatic carbocycles. The highest BCUT2D eigenvalue weighted by Crippen LogP contribution is 2.21. The van der Waals surface area contributed by atoms with Gasteiger partial charge in [0.25, 0.3) is 0 Å². The molecular weight excluding hydrogens is 240 g/mol. The Morgan fingerprint density at radius 3 is 2.89 bits per heavy atom. The van der Waals surface area contributed by atoms with E-state index >= 15 is 0 Å². The van der Waals surface area contributed by atoms with Crippen LogP contribution < -0.4 is 4.74 Å². The van der Waals surface area contributed by atoms with Crippen molar-refractivity contribution in [1.29, 1.82) is 0 Å². The van der Waals surface area contributed by atoms with Gasteiger partial charge in [0, 0.05) is 6.54 Å². The fraction of sp³-hybridized carbons (Fsp3) is 0.333. The van der Waals surface area contributed by atoms with Crippen molar-refractivity contribution in [2.45, 2.75) is 33.9 Å². The third-order valence-electron chi connectivity index (χ3n) is 3.03. The molecule has 19 heavy (non-hydrogen) atoms. The third-order valence-corrected chi connectivity index (χ3v) is 3.03. The molecule has 1 heterocycles. The van der Waals surface area contributed by atoms with Crippen LogP contribution in [0.25, 0.3) is 0 Å². The molecule has 0 spiro atoms. The van der Waals surface area contributed by atoms with Gasteiger partial charge in [-0.3, -0.25) is 4.79 Å². The number of hydrogen-bond acceptors (Lipinski definition) is 3. The van der Waals surface area contributed by atoms with Gasteiger partial charge in [0.15, 0.2) is 5.78 Å². The van der Waals surface area contributed by atoms with Crippen LogP contribution in [0.2, 0.25) is 0 Å². The van der Waals surface area contributed by atoms with Gasteiger partial charge >= 0.3 is 0 Å². The highest BCUT2D eigenvalue weighted by molar-refractivity contribution is 5.97. The fourth-order valence-electron chi connectivity index (χ4n) is 1.95. The van der Waals surface area contributed by atoms with Crippen molar-refractivity contribution in [3.8, 4) is 5.75 Å². The summed E-state index contributed by atoms with van der Waals surface area (Å²) < 4.78 is 7.77. The lowest BCUT2D eigenvalue weighted by Gasteiger charge is -2.11. The van der Waals surface area contributed by atoms with E-state index in [0.717, 1.165) is 17.8 Å². The topological polar surface area (TPSA) is 44.1 Å². The first-order valence-electron chi connectivity index (χ1n) is 6.35. The summed E-state index contributed by atoms with van der Waals surface area (Å²) in [7, 11) is 0. The van der Waals surface area contributed by atoms with Crippen LogP contribution in [0.15, 0.2) is 30.7 Å². The number of imidazole rings is 1. The van der Waals surface area contributed by atoms with Gasteiger partial charge < -0.3 is 9.30 Å². The summed E-state index contributed by atoms with van der Waals surface area (Å²) in [4.78, 5) is 15.7. The molecule has 0 fully saturated rings. The minimum Gasteiger partial charge on any atom is -0.487 e. The van der Waals surface area contributed by atoms with Crippen molar-refractivity contribution in [1.82, 2.24) is 9.55 Å². The molecule has 0 unspecified atom stereocenters. The minimum atomic E-state index is 0.0164. The van der Waals surface area contributed by atoms with Crippen LogP contribution in [0.3, 0.4) is 0 Å². The second kappa shape index (κ2) is 5.69. The zero-order valence-electron chi connectivity index (χ0n) is 11.5. The second-order valence-electron chi connectivity index (χ2n) is 4.52. The molecule has 100 valence electrons. The molecule has 1 aromatic carbocycles. The van der Waals surface area contributed by atoms with E-state index in [2.05, 4.69) is 11.9 Å². The number of rotatable bonds is 5. The van der Waals surface area contributed by atoms with E-state index in [-0.39, 0.29) is 5.78 Å².